The molecule has 0 fully saturated rings. The summed E-state index contributed by atoms with van der Waals surface area (Å²) in [5.41, 5.74) is 1.53. The van der Waals surface area contributed by atoms with E-state index in [9.17, 15) is 5.11 Å². The Balaban J connectivity index is 1.82. The van der Waals surface area contributed by atoms with E-state index in [4.69, 9.17) is 9.47 Å². The highest BCUT2D eigenvalue weighted by Crippen LogP contribution is 2.27. The van der Waals surface area contributed by atoms with Crippen molar-refractivity contribution in [3.8, 4) is 11.5 Å². The predicted molar refractivity (Wildman–Crippen MR) is 107 cm³/mol. The zero-order valence-electron chi connectivity index (χ0n) is 15.9. The summed E-state index contributed by atoms with van der Waals surface area (Å²) >= 11 is 0. The molecule has 0 bridgehead atoms. The normalized spacial score (nSPS) is 11.9. The number of anilines is 2. The Morgan fingerprint density at radius 3 is 2.33 bits per heavy atom. The van der Waals surface area contributed by atoms with Crippen LogP contribution in [-0.2, 0) is 0 Å². The maximum absolute atomic E-state index is 10.6. The predicted octanol–water partition coefficient (Wildman–Crippen LogP) is 2.86. The number of fused-ring (bicyclic) bond motifs is 1. The Hall–Kier alpha value is -3.06. The molecule has 1 atom stereocenters. The summed E-state index contributed by atoms with van der Waals surface area (Å²) < 4.78 is 10.5. The topological polar surface area (TPSA) is 79.7 Å². The van der Waals surface area contributed by atoms with E-state index in [0.29, 0.717) is 23.0 Å². The van der Waals surface area contributed by atoms with Gasteiger partial charge in [-0.05, 0) is 29.8 Å². The molecule has 3 rings (SSSR count). The van der Waals surface area contributed by atoms with Gasteiger partial charge in [0.15, 0.2) is 0 Å². The molecule has 2 N–H and O–H groups in total. The maximum Gasteiger partial charge on any atom is 0.225 e. The smallest absolute Gasteiger partial charge is 0.225 e. The number of aliphatic hydroxyl groups excluding tert-OH is 1. The SMILES string of the molecule is COc1cc(OC)cc(C(O)CNc2nc(N(C)C)c3ccccc3n2)c1. The van der Waals surface area contributed by atoms with Crippen LogP contribution in [0.5, 0.6) is 11.5 Å². The Bertz CT molecular complexity index is 908. The average molecular weight is 368 g/mol. The van der Waals surface area contributed by atoms with E-state index in [2.05, 4.69) is 15.3 Å². The summed E-state index contributed by atoms with van der Waals surface area (Å²) in [5, 5.41) is 14.7. The number of nitrogens with one attached hydrogen (secondary N) is 1. The highest BCUT2D eigenvalue weighted by Gasteiger charge is 2.13. The lowest BCUT2D eigenvalue weighted by Crippen LogP contribution is -2.17. The molecule has 0 saturated carbocycles. The van der Waals surface area contributed by atoms with Crippen molar-refractivity contribution in [3.63, 3.8) is 0 Å². The molecule has 0 saturated heterocycles. The number of hydrogen-bond acceptors (Lipinski definition) is 7. The molecule has 27 heavy (non-hydrogen) atoms. The summed E-state index contributed by atoms with van der Waals surface area (Å²) in [6, 6.07) is 13.2. The highest BCUT2D eigenvalue weighted by atomic mass is 16.5. The summed E-state index contributed by atoms with van der Waals surface area (Å²) in [4.78, 5) is 11.1. The molecule has 0 aliphatic heterocycles. The first kappa shape index (κ1) is 18.7. The third-order valence-electron chi connectivity index (χ3n) is 4.22. The Labute approximate surface area is 158 Å². The second-order valence-corrected chi connectivity index (χ2v) is 6.33. The molecule has 1 heterocycles. The summed E-state index contributed by atoms with van der Waals surface area (Å²) in [5.74, 6) is 2.53. The number of rotatable bonds is 7. The van der Waals surface area contributed by atoms with E-state index in [0.717, 1.165) is 16.7 Å². The number of aromatic nitrogens is 2. The van der Waals surface area contributed by atoms with Crippen molar-refractivity contribution >= 4 is 22.7 Å². The monoisotopic (exact) mass is 368 g/mol. The number of hydrogen-bond donors (Lipinski definition) is 2. The van der Waals surface area contributed by atoms with Crippen LogP contribution in [0.3, 0.4) is 0 Å². The lowest BCUT2D eigenvalue weighted by atomic mass is 10.1. The van der Waals surface area contributed by atoms with Crippen LogP contribution in [-0.4, -0.2) is 49.9 Å². The Morgan fingerprint density at radius 1 is 1.04 bits per heavy atom. The zero-order valence-corrected chi connectivity index (χ0v) is 15.9. The van der Waals surface area contributed by atoms with Gasteiger partial charge in [-0.1, -0.05) is 12.1 Å². The van der Waals surface area contributed by atoms with E-state index in [-0.39, 0.29) is 6.54 Å². The van der Waals surface area contributed by atoms with Gasteiger partial charge in [0, 0.05) is 32.1 Å². The van der Waals surface area contributed by atoms with Gasteiger partial charge >= 0.3 is 0 Å². The van der Waals surface area contributed by atoms with Crippen LogP contribution in [0.4, 0.5) is 11.8 Å². The first-order valence-electron chi connectivity index (χ1n) is 8.61. The van der Waals surface area contributed by atoms with Crippen molar-refractivity contribution in [2.45, 2.75) is 6.10 Å². The second-order valence-electron chi connectivity index (χ2n) is 6.33. The van der Waals surface area contributed by atoms with Gasteiger partial charge in [-0.3, -0.25) is 0 Å². The number of benzene rings is 2. The lowest BCUT2D eigenvalue weighted by molar-refractivity contribution is 0.190. The third kappa shape index (κ3) is 4.20. The quantitative estimate of drug-likeness (QED) is 0.664. The number of para-hydroxylation sites is 1. The van der Waals surface area contributed by atoms with Gasteiger partial charge < -0.3 is 24.8 Å². The zero-order chi connectivity index (χ0) is 19.4. The lowest BCUT2D eigenvalue weighted by Gasteiger charge is -2.17. The number of ether oxygens (including phenoxy) is 2. The molecule has 142 valence electrons. The molecule has 0 radical (unpaired) electrons. The highest BCUT2D eigenvalue weighted by molar-refractivity contribution is 5.90. The molecular formula is C20H24N4O3. The van der Waals surface area contributed by atoms with Gasteiger partial charge in [0.1, 0.15) is 17.3 Å². The molecule has 7 heteroatoms. The minimum absolute atomic E-state index is 0.252. The van der Waals surface area contributed by atoms with Crippen LogP contribution >= 0.6 is 0 Å². The van der Waals surface area contributed by atoms with Gasteiger partial charge in [0.2, 0.25) is 5.95 Å². The van der Waals surface area contributed by atoms with E-state index < -0.39 is 6.10 Å². The van der Waals surface area contributed by atoms with Crippen molar-refractivity contribution in [2.24, 2.45) is 0 Å². The van der Waals surface area contributed by atoms with E-state index >= 15 is 0 Å². The average Bonchev–Trinajstić information content (AvgIpc) is 2.70. The molecule has 7 nitrogen and oxygen atoms in total. The Morgan fingerprint density at radius 2 is 1.70 bits per heavy atom. The number of nitrogens with zero attached hydrogens (tertiary/aromatic N) is 3. The molecule has 0 aliphatic carbocycles. The molecular weight excluding hydrogens is 344 g/mol. The van der Waals surface area contributed by atoms with E-state index in [1.165, 1.54) is 0 Å². The molecule has 0 aliphatic rings. The van der Waals surface area contributed by atoms with Gasteiger partial charge in [0.25, 0.3) is 0 Å². The van der Waals surface area contributed by atoms with Crippen LogP contribution in [0.25, 0.3) is 10.9 Å². The fourth-order valence-corrected chi connectivity index (χ4v) is 2.81. The van der Waals surface area contributed by atoms with Gasteiger partial charge in [-0.15, -0.1) is 0 Å². The molecule has 0 spiro atoms. The van der Waals surface area contributed by atoms with Crippen LogP contribution in [0.2, 0.25) is 0 Å². The number of aliphatic hydroxyl groups is 1. The van der Waals surface area contributed by atoms with Crippen molar-refractivity contribution in [2.75, 3.05) is 45.1 Å². The van der Waals surface area contributed by atoms with Crippen LogP contribution < -0.4 is 19.7 Å². The molecule has 1 unspecified atom stereocenters. The molecule has 1 aromatic heterocycles. The van der Waals surface area contributed by atoms with Crippen LogP contribution in [0, 0.1) is 0 Å². The van der Waals surface area contributed by atoms with Gasteiger partial charge in [-0.25, -0.2) is 4.98 Å². The standard InChI is InChI=1S/C20H24N4O3/c1-24(2)19-16-7-5-6-8-17(16)22-20(23-19)21-12-18(25)13-9-14(26-3)11-15(10-13)27-4/h5-11,18,25H,12H2,1-4H3,(H,21,22,23). The van der Waals surface area contributed by atoms with Crippen LogP contribution in [0.1, 0.15) is 11.7 Å². The first-order valence-corrected chi connectivity index (χ1v) is 8.61. The third-order valence-corrected chi connectivity index (χ3v) is 4.22. The minimum Gasteiger partial charge on any atom is -0.497 e. The minimum atomic E-state index is -0.771. The summed E-state index contributed by atoms with van der Waals surface area (Å²) in [6.07, 6.45) is -0.771. The number of methoxy groups -OCH3 is 2. The molecule has 0 amide bonds. The second kappa shape index (κ2) is 8.09. The van der Waals surface area contributed by atoms with Crippen molar-refractivity contribution < 1.29 is 14.6 Å². The van der Waals surface area contributed by atoms with E-state index in [1.807, 2.05) is 43.3 Å². The van der Waals surface area contributed by atoms with Crippen LogP contribution in [0.15, 0.2) is 42.5 Å². The van der Waals surface area contributed by atoms with Crippen molar-refractivity contribution in [3.05, 3.63) is 48.0 Å². The Kier molecular flexibility index (Phi) is 5.61. The molecule has 3 aromatic rings. The maximum atomic E-state index is 10.6. The summed E-state index contributed by atoms with van der Waals surface area (Å²) in [6.45, 7) is 0.252. The fourth-order valence-electron chi connectivity index (χ4n) is 2.81. The van der Waals surface area contributed by atoms with Crippen molar-refractivity contribution in [1.82, 2.24) is 9.97 Å². The van der Waals surface area contributed by atoms with Gasteiger partial charge in [0.05, 0.1) is 25.8 Å². The summed E-state index contributed by atoms with van der Waals surface area (Å²) in [7, 11) is 7.04. The van der Waals surface area contributed by atoms with Gasteiger partial charge in [-0.2, -0.15) is 4.98 Å². The van der Waals surface area contributed by atoms with E-state index in [1.54, 1.807) is 32.4 Å². The van der Waals surface area contributed by atoms with Crippen molar-refractivity contribution in [1.29, 1.82) is 0 Å². The molecule has 2 aromatic carbocycles. The largest absolute Gasteiger partial charge is 0.497 e. The first-order chi connectivity index (χ1) is 13.0. The fraction of sp³-hybridized carbons (Fsp3) is 0.300.